The Morgan fingerprint density at radius 1 is 1.16 bits per heavy atom. The molecule has 0 saturated carbocycles. The zero-order chi connectivity index (χ0) is 18.0. The second-order valence-electron chi connectivity index (χ2n) is 5.73. The fourth-order valence-electron chi connectivity index (χ4n) is 2.55. The average Bonchev–Trinajstić information content (AvgIpc) is 2.61. The predicted molar refractivity (Wildman–Crippen MR) is 95.1 cm³/mol. The Morgan fingerprint density at radius 2 is 1.92 bits per heavy atom. The summed E-state index contributed by atoms with van der Waals surface area (Å²) >= 11 is 6.16. The van der Waals surface area contributed by atoms with E-state index in [4.69, 9.17) is 11.6 Å². The fraction of sp³-hybridized carbons (Fsp3) is 0.158. The van der Waals surface area contributed by atoms with Crippen LogP contribution in [0.15, 0.2) is 53.3 Å². The van der Waals surface area contributed by atoms with E-state index in [9.17, 15) is 14.3 Å². The van der Waals surface area contributed by atoms with Crippen LogP contribution in [0.5, 0.6) is 0 Å². The lowest BCUT2D eigenvalue weighted by Gasteiger charge is -2.11. The fourth-order valence-corrected chi connectivity index (χ4v) is 2.75. The number of aromatic nitrogens is 2. The molecule has 0 amide bonds. The van der Waals surface area contributed by atoms with Crippen molar-refractivity contribution in [1.82, 2.24) is 9.78 Å². The molecule has 0 aliphatic carbocycles. The molecule has 1 aromatic heterocycles. The van der Waals surface area contributed by atoms with Crippen LogP contribution < -0.4 is 5.56 Å². The molecule has 0 spiro atoms. The smallest absolute Gasteiger partial charge is 0.272 e. The van der Waals surface area contributed by atoms with Gasteiger partial charge in [-0.05, 0) is 48.4 Å². The largest absolute Gasteiger partial charge is 0.391 e. The van der Waals surface area contributed by atoms with Gasteiger partial charge in [0.15, 0.2) is 0 Å². The van der Waals surface area contributed by atoms with E-state index in [0.29, 0.717) is 21.8 Å². The van der Waals surface area contributed by atoms with Crippen molar-refractivity contribution in [2.24, 2.45) is 0 Å². The van der Waals surface area contributed by atoms with Gasteiger partial charge in [-0.3, -0.25) is 4.79 Å². The molecule has 128 valence electrons. The third-order valence-corrected chi connectivity index (χ3v) is 4.32. The van der Waals surface area contributed by atoms with Crippen molar-refractivity contribution in [2.45, 2.75) is 20.1 Å². The topological polar surface area (TPSA) is 55.1 Å². The van der Waals surface area contributed by atoms with Crippen LogP contribution in [0.1, 0.15) is 16.7 Å². The highest BCUT2D eigenvalue weighted by Gasteiger charge is 2.12. The number of benzene rings is 2. The van der Waals surface area contributed by atoms with Crippen LogP contribution in [0, 0.1) is 12.7 Å². The van der Waals surface area contributed by atoms with Gasteiger partial charge in [-0.1, -0.05) is 29.8 Å². The van der Waals surface area contributed by atoms with E-state index in [-0.39, 0.29) is 23.5 Å². The summed E-state index contributed by atoms with van der Waals surface area (Å²) in [6.07, 6.45) is 0. The minimum absolute atomic E-state index is 0.180. The molecule has 1 N–H and O–H groups in total. The van der Waals surface area contributed by atoms with Crippen LogP contribution >= 0.6 is 11.6 Å². The molecule has 0 unspecified atom stereocenters. The Balaban J connectivity index is 2.11. The molecule has 0 fully saturated rings. The van der Waals surface area contributed by atoms with E-state index >= 15 is 0 Å². The molecule has 4 nitrogen and oxygen atoms in total. The first kappa shape index (κ1) is 17.3. The van der Waals surface area contributed by atoms with Crippen molar-refractivity contribution >= 4 is 11.6 Å². The first-order valence-electron chi connectivity index (χ1n) is 7.71. The minimum atomic E-state index is -0.406. The zero-order valence-corrected chi connectivity index (χ0v) is 14.3. The predicted octanol–water partition coefficient (Wildman–Crippen LogP) is 3.55. The van der Waals surface area contributed by atoms with Gasteiger partial charge in [0.2, 0.25) is 0 Å². The van der Waals surface area contributed by atoms with Crippen LogP contribution in [-0.2, 0) is 13.2 Å². The summed E-state index contributed by atoms with van der Waals surface area (Å²) in [5.74, 6) is -0.310. The zero-order valence-electron chi connectivity index (χ0n) is 13.5. The lowest BCUT2D eigenvalue weighted by molar-refractivity contribution is 0.278. The third kappa shape index (κ3) is 3.62. The average molecular weight is 359 g/mol. The lowest BCUT2D eigenvalue weighted by Crippen LogP contribution is -2.27. The first-order valence-corrected chi connectivity index (χ1v) is 8.09. The number of aliphatic hydroxyl groups is 1. The number of aliphatic hydroxyl groups excluding tert-OH is 1. The van der Waals surface area contributed by atoms with Gasteiger partial charge < -0.3 is 5.11 Å². The number of hydrogen-bond acceptors (Lipinski definition) is 3. The quantitative estimate of drug-likeness (QED) is 0.776. The maximum atomic E-state index is 13.5. The van der Waals surface area contributed by atoms with E-state index in [2.05, 4.69) is 5.10 Å². The Morgan fingerprint density at radius 3 is 2.60 bits per heavy atom. The number of halogens is 2. The molecular weight excluding hydrogens is 343 g/mol. The van der Waals surface area contributed by atoms with Gasteiger partial charge >= 0.3 is 0 Å². The molecule has 0 radical (unpaired) electrons. The third-order valence-electron chi connectivity index (χ3n) is 3.95. The molecule has 2 aromatic carbocycles. The second-order valence-corrected chi connectivity index (χ2v) is 6.14. The number of aryl methyl sites for hydroxylation is 1. The SMILES string of the molecule is Cc1cc(-c2cc(CO)c(=O)n(Cc3ccccc3Cl)n2)ccc1F. The van der Waals surface area contributed by atoms with Crippen LogP contribution in [0.2, 0.25) is 5.02 Å². The molecule has 0 bridgehead atoms. The van der Waals surface area contributed by atoms with Gasteiger partial charge in [0, 0.05) is 16.1 Å². The summed E-state index contributed by atoms with van der Waals surface area (Å²) in [5, 5.41) is 14.4. The maximum Gasteiger partial charge on any atom is 0.272 e. The van der Waals surface area contributed by atoms with E-state index in [0.717, 1.165) is 5.56 Å². The Bertz CT molecular complexity index is 985. The highest BCUT2D eigenvalue weighted by atomic mass is 35.5. The monoisotopic (exact) mass is 358 g/mol. The standard InChI is InChI=1S/C19H16ClFN2O2/c1-12-8-13(6-7-17(12)21)18-9-15(11-24)19(25)23(22-18)10-14-4-2-3-5-16(14)20/h2-9,24H,10-11H2,1H3. The molecule has 1 heterocycles. The molecular formula is C19H16ClFN2O2. The number of nitrogens with zero attached hydrogens (tertiary/aromatic N) is 2. The van der Waals surface area contributed by atoms with E-state index in [1.165, 1.54) is 16.8 Å². The summed E-state index contributed by atoms with van der Waals surface area (Å²) in [5.41, 5.74) is 2.22. The van der Waals surface area contributed by atoms with Gasteiger partial charge in [-0.25, -0.2) is 9.07 Å². The maximum absolute atomic E-state index is 13.5. The van der Waals surface area contributed by atoms with Crippen LogP contribution in [0.3, 0.4) is 0 Å². The number of rotatable bonds is 4. The van der Waals surface area contributed by atoms with Gasteiger partial charge in [0.05, 0.1) is 18.8 Å². The van der Waals surface area contributed by atoms with E-state index in [1.54, 1.807) is 31.2 Å². The van der Waals surface area contributed by atoms with Crippen LogP contribution in [0.4, 0.5) is 4.39 Å². The van der Waals surface area contributed by atoms with Crippen molar-refractivity contribution in [3.63, 3.8) is 0 Å². The molecule has 0 atom stereocenters. The lowest BCUT2D eigenvalue weighted by atomic mass is 10.1. The van der Waals surface area contributed by atoms with Crippen molar-refractivity contribution in [1.29, 1.82) is 0 Å². The summed E-state index contributed by atoms with van der Waals surface area (Å²) < 4.78 is 14.8. The molecule has 0 aliphatic heterocycles. The molecule has 0 saturated heterocycles. The van der Waals surface area contributed by atoms with Crippen molar-refractivity contribution in [3.8, 4) is 11.3 Å². The highest BCUT2D eigenvalue weighted by Crippen LogP contribution is 2.21. The highest BCUT2D eigenvalue weighted by molar-refractivity contribution is 6.31. The molecule has 0 aliphatic rings. The Kier molecular flexibility index (Phi) is 4.97. The molecule has 6 heteroatoms. The van der Waals surface area contributed by atoms with Gasteiger partial charge in [0.25, 0.3) is 5.56 Å². The first-order chi connectivity index (χ1) is 12.0. The summed E-state index contributed by atoms with van der Waals surface area (Å²) in [6.45, 7) is 1.43. The normalized spacial score (nSPS) is 10.9. The van der Waals surface area contributed by atoms with Crippen molar-refractivity contribution in [2.75, 3.05) is 0 Å². The van der Waals surface area contributed by atoms with Crippen LogP contribution in [0.25, 0.3) is 11.3 Å². The molecule has 3 aromatic rings. The van der Waals surface area contributed by atoms with Gasteiger partial charge in [-0.2, -0.15) is 5.10 Å². The Hall–Kier alpha value is -2.50. The van der Waals surface area contributed by atoms with E-state index < -0.39 is 6.61 Å². The van der Waals surface area contributed by atoms with Gasteiger partial charge in [0.1, 0.15) is 5.82 Å². The number of hydrogen-bond donors (Lipinski definition) is 1. The summed E-state index contributed by atoms with van der Waals surface area (Å²) in [6, 6.07) is 13.3. The summed E-state index contributed by atoms with van der Waals surface area (Å²) in [7, 11) is 0. The van der Waals surface area contributed by atoms with E-state index in [1.807, 2.05) is 12.1 Å². The minimum Gasteiger partial charge on any atom is -0.391 e. The van der Waals surface area contributed by atoms with Crippen molar-refractivity contribution < 1.29 is 9.50 Å². The molecule has 25 heavy (non-hydrogen) atoms. The van der Waals surface area contributed by atoms with Crippen LogP contribution in [-0.4, -0.2) is 14.9 Å². The Labute approximate surface area is 149 Å². The van der Waals surface area contributed by atoms with Crippen molar-refractivity contribution in [3.05, 3.63) is 86.4 Å². The molecule has 3 rings (SSSR count). The second kappa shape index (κ2) is 7.17. The van der Waals surface area contributed by atoms with Gasteiger partial charge in [-0.15, -0.1) is 0 Å². The summed E-state index contributed by atoms with van der Waals surface area (Å²) in [4.78, 5) is 12.5.